The molecule has 5 nitrogen and oxygen atoms in total. The van der Waals surface area contributed by atoms with E-state index in [1.54, 1.807) is 0 Å². The van der Waals surface area contributed by atoms with Crippen molar-refractivity contribution < 1.29 is 4.42 Å². The molecule has 0 amide bonds. The van der Waals surface area contributed by atoms with Gasteiger partial charge < -0.3 is 4.42 Å². The Labute approximate surface area is 295 Å². The Morgan fingerprint density at radius 2 is 1.08 bits per heavy atom. The average molecular weight is 671 g/mol. The first kappa shape index (κ1) is 28.2. The van der Waals surface area contributed by atoms with Crippen LogP contribution in [0.15, 0.2) is 162 Å². The topological polar surface area (TPSA) is 56.7 Å². The third kappa shape index (κ3) is 4.37. The van der Waals surface area contributed by atoms with E-state index < -0.39 is 0 Å². The smallest absolute Gasteiger partial charge is 0.238 e. The molecule has 0 aliphatic rings. The Balaban J connectivity index is 1.15. The lowest BCUT2D eigenvalue weighted by molar-refractivity contribution is 0.669. The summed E-state index contributed by atoms with van der Waals surface area (Å²) in [5.41, 5.74) is 7.81. The van der Waals surface area contributed by atoms with Crippen molar-refractivity contribution in [3.63, 3.8) is 0 Å². The summed E-state index contributed by atoms with van der Waals surface area (Å²) >= 11 is 1.84. The molecule has 6 heteroatoms. The van der Waals surface area contributed by atoms with E-state index in [2.05, 4.69) is 120 Å². The molecule has 0 radical (unpaired) electrons. The highest BCUT2D eigenvalue weighted by molar-refractivity contribution is 7.25. The van der Waals surface area contributed by atoms with Gasteiger partial charge in [-0.25, -0.2) is 4.98 Å². The van der Waals surface area contributed by atoms with E-state index >= 15 is 0 Å². The number of thiophene rings is 1. The van der Waals surface area contributed by atoms with Gasteiger partial charge in [0.2, 0.25) is 5.95 Å². The highest BCUT2D eigenvalue weighted by Crippen LogP contribution is 2.41. The van der Waals surface area contributed by atoms with Crippen LogP contribution in [0.1, 0.15) is 0 Å². The van der Waals surface area contributed by atoms with Crippen molar-refractivity contribution in [2.75, 3.05) is 0 Å². The molecule has 0 aliphatic carbocycles. The fraction of sp³-hybridized carbons (Fsp3) is 0. The quantitative estimate of drug-likeness (QED) is 0.187. The van der Waals surface area contributed by atoms with Crippen LogP contribution in [0, 0.1) is 0 Å². The summed E-state index contributed by atoms with van der Waals surface area (Å²) in [5, 5.41) is 6.88. The number of hydrogen-bond acceptors (Lipinski definition) is 5. The van der Waals surface area contributed by atoms with Gasteiger partial charge in [-0.3, -0.25) is 4.57 Å². The van der Waals surface area contributed by atoms with Gasteiger partial charge in [-0.05, 0) is 59.7 Å². The minimum absolute atomic E-state index is 0.568. The number of aromatic nitrogens is 4. The van der Waals surface area contributed by atoms with Crippen LogP contribution < -0.4 is 0 Å². The van der Waals surface area contributed by atoms with Crippen molar-refractivity contribution in [3.8, 4) is 39.9 Å². The summed E-state index contributed by atoms with van der Waals surface area (Å²) in [6, 6.07) is 55.0. The van der Waals surface area contributed by atoms with Gasteiger partial charge in [0.05, 0.1) is 11.0 Å². The SMILES string of the molecule is c1ccc(-c2nc(-c3cccc4oc5ccc(-c6ccc7sc8ccccc8c7c6)cc5c34)nc(-n3c4ccccc4c4ccccc43)n2)cc1. The Kier molecular flexibility index (Phi) is 6.05. The number of nitrogens with zero attached hydrogens (tertiary/aromatic N) is 4. The zero-order valence-electron chi connectivity index (χ0n) is 27.1. The van der Waals surface area contributed by atoms with E-state index in [0.717, 1.165) is 60.4 Å². The van der Waals surface area contributed by atoms with E-state index in [4.69, 9.17) is 19.4 Å². The first-order valence-electron chi connectivity index (χ1n) is 16.9. The van der Waals surface area contributed by atoms with Crippen LogP contribution >= 0.6 is 11.3 Å². The second-order valence-corrected chi connectivity index (χ2v) is 13.9. The van der Waals surface area contributed by atoms with Crippen molar-refractivity contribution in [3.05, 3.63) is 158 Å². The van der Waals surface area contributed by atoms with Gasteiger partial charge in [-0.15, -0.1) is 11.3 Å². The normalized spacial score (nSPS) is 11.9. The number of benzene rings is 7. The number of rotatable bonds is 4. The standard InChI is InChI=1S/C45H26N4OS/c1-2-11-27(12-3-1)43-46-44(48-45(47-43)49-36-17-7-4-13-30(36)31-14-5-8-18-37(31)49)33-16-10-19-39-42(33)35-26-28(21-23-38(35)50-39)29-22-24-41-34(25-29)32-15-6-9-20-40(32)51-41/h1-26H. The molecule has 0 spiro atoms. The molecule has 51 heavy (non-hydrogen) atoms. The summed E-state index contributed by atoms with van der Waals surface area (Å²) in [5.74, 6) is 1.77. The Hall–Kier alpha value is -6.63. The molecule has 0 saturated heterocycles. The first-order chi connectivity index (χ1) is 25.3. The van der Waals surface area contributed by atoms with E-state index in [-0.39, 0.29) is 0 Å². The summed E-state index contributed by atoms with van der Waals surface area (Å²) < 4.78 is 11.2. The molecule has 0 fully saturated rings. The Morgan fingerprint density at radius 1 is 0.431 bits per heavy atom. The Morgan fingerprint density at radius 3 is 1.88 bits per heavy atom. The van der Waals surface area contributed by atoms with E-state index in [9.17, 15) is 0 Å². The van der Waals surface area contributed by atoms with Crippen molar-refractivity contribution in [2.24, 2.45) is 0 Å². The predicted molar refractivity (Wildman–Crippen MR) is 211 cm³/mol. The third-order valence-corrected chi connectivity index (χ3v) is 11.0. The second-order valence-electron chi connectivity index (χ2n) is 12.8. The van der Waals surface area contributed by atoms with Crippen molar-refractivity contribution in [1.29, 1.82) is 0 Å². The van der Waals surface area contributed by atoms with Crippen LogP contribution in [0.25, 0.3) is 104 Å². The van der Waals surface area contributed by atoms with Gasteiger partial charge in [0.1, 0.15) is 11.2 Å². The molecule has 11 rings (SSSR count). The zero-order valence-corrected chi connectivity index (χ0v) is 27.9. The number of para-hydroxylation sites is 2. The molecule has 0 saturated carbocycles. The highest BCUT2D eigenvalue weighted by atomic mass is 32.1. The second kappa shape index (κ2) is 10.9. The van der Waals surface area contributed by atoms with Gasteiger partial charge in [-0.1, -0.05) is 109 Å². The van der Waals surface area contributed by atoms with Crippen molar-refractivity contribution in [1.82, 2.24) is 19.5 Å². The van der Waals surface area contributed by atoms with E-state index in [1.165, 1.54) is 25.7 Å². The van der Waals surface area contributed by atoms with Crippen LogP contribution in [0.2, 0.25) is 0 Å². The minimum atomic E-state index is 0.568. The first-order valence-corrected chi connectivity index (χ1v) is 17.8. The predicted octanol–water partition coefficient (Wildman–Crippen LogP) is 12.2. The monoisotopic (exact) mass is 670 g/mol. The molecule has 0 unspecified atom stereocenters. The molecule has 7 aromatic carbocycles. The molecule has 0 bridgehead atoms. The maximum atomic E-state index is 6.48. The minimum Gasteiger partial charge on any atom is -0.456 e. The largest absolute Gasteiger partial charge is 0.456 e. The summed E-state index contributed by atoms with van der Waals surface area (Å²) in [4.78, 5) is 15.5. The highest BCUT2D eigenvalue weighted by Gasteiger charge is 2.20. The molecule has 4 aromatic heterocycles. The number of furan rings is 1. The molecule has 0 aliphatic heterocycles. The van der Waals surface area contributed by atoms with Crippen molar-refractivity contribution in [2.45, 2.75) is 0 Å². The van der Waals surface area contributed by atoms with Crippen molar-refractivity contribution >= 4 is 75.3 Å². The molecule has 11 aromatic rings. The number of hydrogen-bond donors (Lipinski definition) is 0. The third-order valence-electron chi connectivity index (χ3n) is 9.88. The average Bonchev–Trinajstić information content (AvgIpc) is 3.87. The summed E-state index contributed by atoms with van der Waals surface area (Å²) in [7, 11) is 0. The van der Waals surface area contributed by atoms with Crippen LogP contribution in [-0.4, -0.2) is 19.5 Å². The molecule has 238 valence electrons. The molecule has 4 heterocycles. The molecule has 0 atom stereocenters. The summed E-state index contributed by atoms with van der Waals surface area (Å²) in [6.45, 7) is 0. The Bertz CT molecular complexity index is 3100. The number of fused-ring (bicyclic) bond motifs is 9. The van der Waals surface area contributed by atoms with Crippen LogP contribution in [0.4, 0.5) is 0 Å². The fourth-order valence-electron chi connectivity index (χ4n) is 7.54. The molecular formula is C45H26N4OS. The van der Waals surface area contributed by atoms with Crippen LogP contribution in [0.3, 0.4) is 0 Å². The van der Waals surface area contributed by atoms with E-state index in [1.807, 2.05) is 53.8 Å². The van der Waals surface area contributed by atoms with Crippen LogP contribution in [0.5, 0.6) is 0 Å². The van der Waals surface area contributed by atoms with Gasteiger partial charge in [0.15, 0.2) is 11.6 Å². The van der Waals surface area contributed by atoms with Crippen LogP contribution in [-0.2, 0) is 0 Å². The molecule has 0 N–H and O–H groups in total. The molecular weight excluding hydrogens is 645 g/mol. The fourth-order valence-corrected chi connectivity index (χ4v) is 8.62. The van der Waals surface area contributed by atoms with Gasteiger partial charge >= 0.3 is 0 Å². The maximum absolute atomic E-state index is 6.48. The summed E-state index contributed by atoms with van der Waals surface area (Å²) in [6.07, 6.45) is 0. The maximum Gasteiger partial charge on any atom is 0.238 e. The lowest BCUT2D eigenvalue weighted by Gasteiger charge is -2.11. The van der Waals surface area contributed by atoms with E-state index in [0.29, 0.717) is 17.6 Å². The lowest BCUT2D eigenvalue weighted by Crippen LogP contribution is -2.06. The lowest BCUT2D eigenvalue weighted by atomic mass is 9.99. The zero-order chi connectivity index (χ0) is 33.5. The van der Waals surface area contributed by atoms with Gasteiger partial charge in [-0.2, -0.15) is 9.97 Å². The van der Waals surface area contributed by atoms with Gasteiger partial charge in [0, 0.05) is 52.8 Å². The van der Waals surface area contributed by atoms with Gasteiger partial charge in [0.25, 0.3) is 0 Å².